The Balaban J connectivity index is 2.35. The fraction of sp³-hybridized carbons (Fsp3) is 0.0714. The summed E-state index contributed by atoms with van der Waals surface area (Å²) in [6.45, 7) is 0. The third-order valence-corrected chi connectivity index (χ3v) is 2.79. The van der Waals surface area contributed by atoms with Crippen LogP contribution in [0.2, 0.25) is 0 Å². The first kappa shape index (κ1) is 9.16. The normalized spacial score (nSPS) is 10.8. The zero-order valence-corrected chi connectivity index (χ0v) is 9.09. The van der Waals surface area contributed by atoms with Crippen molar-refractivity contribution in [1.29, 1.82) is 0 Å². The van der Waals surface area contributed by atoms with Crippen LogP contribution < -0.4 is 0 Å². The summed E-state index contributed by atoms with van der Waals surface area (Å²) in [4.78, 5) is 0. The first-order valence-electron chi connectivity index (χ1n) is 5.33. The van der Waals surface area contributed by atoms with Crippen molar-refractivity contribution in [2.75, 3.05) is 0 Å². The van der Waals surface area contributed by atoms with Crippen molar-refractivity contribution in [1.82, 2.24) is 9.78 Å². The fourth-order valence-electron chi connectivity index (χ4n) is 2.09. The standard InChI is InChI=1S/C14H12N2/c1-16-14(11-7-3-2-4-8-11)12-9-5-6-10-13(12)15-16/h2-10H,1H3. The Morgan fingerprint density at radius 1 is 0.875 bits per heavy atom. The van der Waals surface area contributed by atoms with E-state index in [1.54, 1.807) is 0 Å². The average molecular weight is 208 g/mol. The molecule has 1 heterocycles. The van der Waals surface area contributed by atoms with Crippen LogP contribution in [0.3, 0.4) is 0 Å². The van der Waals surface area contributed by atoms with E-state index in [0.29, 0.717) is 0 Å². The molecule has 0 radical (unpaired) electrons. The summed E-state index contributed by atoms with van der Waals surface area (Å²) >= 11 is 0. The molecule has 0 atom stereocenters. The molecule has 2 nitrogen and oxygen atoms in total. The topological polar surface area (TPSA) is 17.8 Å². The van der Waals surface area contributed by atoms with Gasteiger partial charge in [-0.2, -0.15) is 5.10 Å². The van der Waals surface area contributed by atoms with Gasteiger partial charge in [0.1, 0.15) is 0 Å². The summed E-state index contributed by atoms with van der Waals surface area (Å²) in [5, 5.41) is 5.71. The van der Waals surface area contributed by atoms with Crippen molar-refractivity contribution < 1.29 is 0 Å². The first-order valence-corrected chi connectivity index (χ1v) is 5.33. The minimum atomic E-state index is 1.05. The van der Waals surface area contributed by atoms with Crippen molar-refractivity contribution in [3.63, 3.8) is 0 Å². The maximum absolute atomic E-state index is 4.51. The summed E-state index contributed by atoms with van der Waals surface area (Å²) in [5.74, 6) is 0. The molecule has 0 aliphatic heterocycles. The molecular weight excluding hydrogens is 196 g/mol. The Labute approximate surface area is 94.1 Å². The van der Waals surface area contributed by atoms with E-state index in [4.69, 9.17) is 0 Å². The molecule has 0 unspecified atom stereocenters. The van der Waals surface area contributed by atoms with Crippen LogP contribution >= 0.6 is 0 Å². The Kier molecular flexibility index (Phi) is 2.00. The molecule has 0 aliphatic carbocycles. The van der Waals surface area contributed by atoms with Crippen molar-refractivity contribution in [2.24, 2.45) is 7.05 Å². The number of hydrogen-bond donors (Lipinski definition) is 0. The van der Waals surface area contributed by atoms with Gasteiger partial charge < -0.3 is 0 Å². The van der Waals surface area contributed by atoms with Crippen LogP contribution in [0.15, 0.2) is 54.6 Å². The monoisotopic (exact) mass is 208 g/mol. The molecule has 2 heteroatoms. The molecule has 0 saturated carbocycles. The molecule has 0 N–H and O–H groups in total. The number of hydrogen-bond acceptors (Lipinski definition) is 1. The van der Waals surface area contributed by atoms with E-state index in [2.05, 4.69) is 41.5 Å². The quantitative estimate of drug-likeness (QED) is 0.600. The van der Waals surface area contributed by atoms with Gasteiger partial charge in [0.2, 0.25) is 0 Å². The second kappa shape index (κ2) is 3.49. The highest BCUT2D eigenvalue weighted by Gasteiger charge is 2.09. The van der Waals surface area contributed by atoms with Crippen molar-refractivity contribution in [3.8, 4) is 11.3 Å². The second-order valence-corrected chi connectivity index (χ2v) is 3.86. The van der Waals surface area contributed by atoms with Gasteiger partial charge in [0.05, 0.1) is 11.2 Å². The van der Waals surface area contributed by atoms with Gasteiger partial charge in [-0.1, -0.05) is 48.5 Å². The molecule has 0 spiro atoms. The number of aryl methyl sites for hydroxylation is 1. The Morgan fingerprint density at radius 3 is 2.38 bits per heavy atom. The molecule has 0 saturated heterocycles. The molecule has 0 amide bonds. The smallest absolute Gasteiger partial charge is 0.0929 e. The van der Waals surface area contributed by atoms with Crippen LogP contribution in [0.1, 0.15) is 0 Å². The highest BCUT2D eigenvalue weighted by atomic mass is 15.3. The summed E-state index contributed by atoms with van der Waals surface area (Å²) in [5.41, 5.74) is 3.43. The van der Waals surface area contributed by atoms with E-state index >= 15 is 0 Å². The summed E-state index contributed by atoms with van der Waals surface area (Å²) in [6.07, 6.45) is 0. The van der Waals surface area contributed by atoms with Gasteiger partial charge in [-0.3, -0.25) is 4.68 Å². The average Bonchev–Trinajstić information content (AvgIpc) is 2.66. The minimum Gasteiger partial charge on any atom is -0.267 e. The van der Waals surface area contributed by atoms with Crippen molar-refractivity contribution in [3.05, 3.63) is 54.6 Å². The maximum atomic E-state index is 4.51. The van der Waals surface area contributed by atoms with E-state index in [9.17, 15) is 0 Å². The molecule has 1 aromatic heterocycles. The zero-order valence-electron chi connectivity index (χ0n) is 9.09. The lowest BCUT2D eigenvalue weighted by Gasteiger charge is -2.01. The molecule has 3 rings (SSSR count). The minimum absolute atomic E-state index is 1.05. The van der Waals surface area contributed by atoms with E-state index in [-0.39, 0.29) is 0 Å². The lowest BCUT2D eigenvalue weighted by molar-refractivity contribution is 0.788. The van der Waals surface area contributed by atoms with Crippen LogP contribution in [0.4, 0.5) is 0 Å². The Morgan fingerprint density at radius 2 is 1.56 bits per heavy atom. The molecule has 3 aromatic rings. The second-order valence-electron chi connectivity index (χ2n) is 3.86. The highest BCUT2D eigenvalue weighted by molar-refractivity contribution is 5.93. The SMILES string of the molecule is Cn1nc2ccccc2c1-c1ccccc1. The van der Waals surface area contributed by atoms with Crippen LogP contribution in [0, 0.1) is 0 Å². The summed E-state index contributed by atoms with van der Waals surface area (Å²) < 4.78 is 1.94. The maximum Gasteiger partial charge on any atom is 0.0929 e. The number of aromatic nitrogens is 2. The molecule has 0 fully saturated rings. The van der Waals surface area contributed by atoms with Gasteiger partial charge in [0, 0.05) is 18.0 Å². The summed E-state index contributed by atoms with van der Waals surface area (Å²) in [7, 11) is 1.99. The van der Waals surface area contributed by atoms with Crippen molar-refractivity contribution in [2.45, 2.75) is 0 Å². The Bertz CT molecular complexity index is 624. The summed E-state index contributed by atoms with van der Waals surface area (Å²) in [6, 6.07) is 18.6. The Hall–Kier alpha value is -2.09. The molecule has 2 aromatic carbocycles. The van der Waals surface area contributed by atoms with Gasteiger partial charge in [0.15, 0.2) is 0 Å². The van der Waals surface area contributed by atoms with Gasteiger partial charge in [-0.25, -0.2) is 0 Å². The largest absolute Gasteiger partial charge is 0.267 e. The third kappa shape index (κ3) is 1.31. The lowest BCUT2D eigenvalue weighted by Crippen LogP contribution is -1.92. The number of nitrogens with zero attached hydrogens (tertiary/aromatic N) is 2. The van der Waals surface area contributed by atoms with Crippen LogP contribution in [0.25, 0.3) is 22.2 Å². The molecule has 0 bridgehead atoms. The van der Waals surface area contributed by atoms with E-state index in [1.165, 1.54) is 16.6 Å². The number of rotatable bonds is 1. The molecule has 0 aliphatic rings. The van der Waals surface area contributed by atoms with E-state index in [0.717, 1.165) is 5.52 Å². The van der Waals surface area contributed by atoms with E-state index in [1.807, 2.05) is 29.9 Å². The molecular formula is C14H12N2. The number of benzene rings is 2. The predicted octanol–water partition coefficient (Wildman–Crippen LogP) is 3.24. The first-order chi connectivity index (χ1) is 7.86. The van der Waals surface area contributed by atoms with Gasteiger partial charge in [-0.05, 0) is 6.07 Å². The third-order valence-electron chi connectivity index (χ3n) is 2.79. The van der Waals surface area contributed by atoms with Gasteiger partial charge in [0.25, 0.3) is 0 Å². The van der Waals surface area contributed by atoms with Crippen LogP contribution in [-0.2, 0) is 7.05 Å². The fourth-order valence-corrected chi connectivity index (χ4v) is 2.09. The van der Waals surface area contributed by atoms with Crippen LogP contribution in [-0.4, -0.2) is 9.78 Å². The molecule has 78 valence electrons. The molecule has 16 heavy (non-hydrogen) atoms. The predicted molar refractivity (Wildman–Crippen MR) is 66.2 cm³/mol. The van der Waals surface area contributed by atoms with Crippen LogP contribution in [0.5, 0.6) is 0 Å². The number of fused-ring (bicyclic) bond motifs is 1. The van der Waals surface area contributed by atoms with Gasteiger partial charge in [-0.15, -0.1) is 0 Å². The lowest BCUT2D eigenvalue weighted by atomic mass is 10.1. The van der Waals surface area contributed by atoms with E-state index < -0.39 is 0 Å². The van der Waals surface area contributed by atoms with Crippen molar-refractivity contribution >= 4 is 10.9 Å². The van der Waals surface area contributed by atoms with Gasteiger partial charge >= 0.3 is 0 Å². The highest BCUT2D eigenvalue weighted by Crippen LogP contribution is 2.27. The zero-order chi connectivity index (χ0) is 11.0.